The normalized spacial score (nSPS) is 11.8. The lowest BCUT2D eigenvalue weighted by molar-refractivity contribution is -0.148. The van der Waals surface area contributed by atoms with Gasteiger partial charge in [0.1, 0.15) is 0 Å². The highest BCUT2D eigenvalue weighted by molar-refractivity contribution is 5.75. The average Bonchev–Trinajstić information content (AvgIpc) is 2.36. The Morgan fingerprint density at radius 3 is 2.59 bits per heavy atom. The molecule has 0 amide bonds. The first-order valence-corrected chi connectivity index (χ1v) is 5.21. The Balaban J connectivity index is 2.89. The van der Waals surface area contributed by atoms with E-state index in [2.05, 4.69) is 4.74 Å². The molecule has 0 aromatic heterocycles. The van der Waals surface area contributed by atoms with E-state index in [1.54, 1.807) is 6.07 Å². The molecule has 94 valence electrons. The second-order valence-electron chi connectivity index (χ2n) is 3.52. The fraction of sp³-hybridized carbons (Fsp3) is 0.417. The highest BCUT2D eigenvalue weighted by Crippen LogP contribution is 2.28. The van der Waals surface area contributed by atoms with Crippen LogP contribution in [0.3, 0.4) is 0 Å². The lowest BCUT2D eigenvalue weighted by atomic mass is 10.2. The van der Waals surface area contributed by atoms with E-state index in [-0.39, 0.29) is 6.54 Å². The zero-order chi connectivity index (χ0) is 12.8. The molecule has 2 N–H and O–H groups in total. The molecule has 1 aromatic carbocycles. The molecule has 1 atom stereocenters. The summed E-state index contributed by atoms with van der Waals surface area (Å²) in [5.41, 5.74) is 6.49. The third kappa shape index (κ3) is 3.35. The van der Waals surface area contributed by atoms with Crippen LogP contribution in [-0.2, 0) is 9.53 Å². The number of hydrogen-bond acceptors (Lipinski definition) is 5. The number of carbonyl (C=O) groups is 1. The van der Waals surface area contributed by atoms with Crippen LogP contribution in [0, 0.1) is 6.92 Å². The van der Waals surface area contributed by atoms with Gasteiger partial charge in [-0.15, -0.1) is 0 Å². The molecule has 1 aromatic rings. The first-order chi connectivity index (χ1) is 8.12. The summed E-state index contributed by atoms with van der Waals surface area (Å²) in [5, 5.41) is 0. The zero-order valence-corrected chi connectivity index (χ0v) is 10.2. The summed E-state index contributed by atoms with van der Waals surface area (Å²) in [7, 11) is 2.83. The van der Waals surface area contributed by atoms with Crippen molar-refractivity contribution in [1.82, 2.24) is 0 Å². The van der Waals surface area contributed by atoms with E-state index in [0.717, 1.165) is 5.56 Å². The molecule has 5 nitrogen and oxygen atoms in total. The van der Waals surface area contributed by atoms with Crippen LogP contribution in [0.15, 0.2) is 18.2 Å². The lowest BCUT2D eigenvalue weighted by Crippen LogP contribution is -2.36. The van der Waals surface area contributed by atoms with Crippen molar-refractivity contribution in [2.24, 2.45) is 5.73 Å². The van der Waals surface area contributed by atoms with E-state index in [1.807, 2.05) is 19.1 Å². The quantitative estimate of drug-likeness (QED) is 0.772. The number of ether oxygens (including phenoxy) is 3. The lowest BCUT2D eigenvalue weighted by Gasteiger charge is -2.17. The standard InChI is InChI=1S/C12H17NO4/c1-8-4-5-9(10(6-8)15-2)17-11(7-13)12(14)16-3/h4-6,11H,7,13H2,1-3H3. The topological polar surface area (TPSA) is 70.8 Å². The Labute approximate surface area is 100 Å². The monoisotopic (exact) mass is 239 g/mol. The van der Waals surface area contributed by atoms with Crippen molar-refractivity contribution < 1.29 is 19.0 Å². The number of rotatable bonds is 5. The minimum absolute atomic E-state index is 0.0453. The second-order valence-corrected chi connectivity index (χ2v) is 3.52. The van der Waals surface area contributed by atoms with Crippen LogP contribution in [0.2, 0.25) is 0 Å². The van der Waals surface area contributed by atoms with Crippen LogP contribution in [0.1, 0.15) is 5.56 Å². The second kappa shape index (κ2) is 6.10. The van der Waals surface area contributed by atoms with Gasteiger partial charge in [0.25, 0.3) is 0 Å². The summed E-state index contributed by atoms with van der Waals surface area (Å²) in [6.07, 6.45) is -0.823. The van der Waals surface area contributed by atoms with E-state index in [9.17, 15) is 4.79 Å². The number of esters is 1. The molecule has 0 heterocycles. The molecular weight excluding hydrogens is 222 g/mol. The minimum atomic E-state index is -0.823. The number of carbonyl (C=O) groups excluding carboxylic acids is 1. The number of hydrogen-bond donors (Lipinski definition) is 1. The molecule has 0 aliphatic heterocycles. The smallest absolute Gasteiger partial charge is 0.348 e. The van der Waals surface area contributed by atoms with Crippen molar-refractivity contribution in [3.8, 4) is 11.5 Å². The van der Waals surface area contributed by atoms with Crippen LogP contribution in [0.25, 0.3) is 0 Å². The van der Waals surface area contributed by atoms with Crippen LogP contribution in [-0.4, -0.2) is 32.8 Å². The summed E-state index contributed by atoms with van der Waals surface area (Å²) in [6, 6.07) is 5.42. The molecular formula is C12H17NO4. The van der Waals surface area contributed by atoms with Crippen molar-refractivity contribution in [2.45, 2.75) is 13.0 Å². The molecule has 1 rings (SSSR count). The van der Waals surface area contributed by atoms with Gasteiger partial charge in [-0.05, 0) is 24.6 Å². The average molecular weight is 239 g/mol. The summed E-state index contributed by atoms with van der Waals surface area (Å²) in [4.78, 5) is 11.3. The van der Waals surface area contributed by atoms with Gasteiger partial charge in [0, 0.05) is 6.54 Å². The summed E-state index contributed by atoms with van der Waals surface area (Å²) < 4.78 is 15.2. The van der Waals surface area contributed by atoms with Crippen LogP contribution in [0.4, 0.5) is 0 Å². The summed E-state index contributed by atoms with van der Waals surface area (Å²) >= 11 is 0. The van der Waals surface area contributed by atoms with Gasteiger partial charge in [-0.1, -0.05) is 6.07 Å². The van der Waals surface area contributed by atoms with Crippen molar-refractivity contribution in [2.75, 3.05) is 20.8 Å². The predicted molar refractivity (Wildman–Crippen MR) is 63.2 cm³/mol. The fourth-order valence-corrected chi connectivity index (χ4v) is 1.35. The van der Waals surface area contributed by atoms with Gasteiger partial charge in [0.05, 0.1) is 14.2 Å². The van der Waals surface area contributed by atoms with Crippen molar-refractivity contribution in [3.05, 3.63) is 23.8 Å². The first kappa shape index (κ1) is 13.3. The summed E-state index contributed by atoms with van der Waals surface area (Å²) in [6.45, 7) is 1.98. The van der Waals surface area contributed by atoms with Gasteiger partial charge in [-0.2, -0.15) is 0 Å². The minimum Gasteiger partial charge on any atom is -0.493 e. The maximum atomic E-state index is 11.3. The Morgan fingerprint density at radius 1 is 1.35 bits per heavy atom. The zero-order valence-electron chi connectivity index (χ0n) is 10.2. The van der Waals surface area contributed by atoms with Gasteiger partial charge >= 0.3 is 5.97 Å². The molecule has 0 aliphatic rings. The highest BCUT2D eigenvalue weighted by Gasteiger charge is 2.20. The third-order valence-electron chi connectivity index (χ3n) is 2.27. The van der Waals surface area contributed by atoms with Crippen molar-refractivity contribution in [3.63, 3.8) is 0 Å². The van der Waals surface area contributed by atoms with E-state index >= 15 is 0 Å². The Hall–Kier alpha value is -1.75. The maximum Gasteiger partial charge on any atom is 0.348 e. The number of nitrogens with two attached hydrogens (primary N) is 1. The molecule has 0 radical (unpaired) electrons. The molecule has 0 aliphatic carbocycles. The molecule has 0 fully saturated rings. The van der Waals surface area contributed by atoms with E-state index in [4.69, 9.17) is 15.2 Å². The van der Waals surface area contributed by atoms with E-state index < -0.39 is 12.1 Å². The molecule has 17 heavy (non-hydrogen) atoms. The van der Waals surface area contributed by atoms with Crippen molar-refractivity contribution >= 4 is 5.97 Å². The van der Waals surface area contributed by atoms with E-state index in [1.165, 1.54) is 14.2 Å². The molecule has 0 spiro atoms. The largest absolute Gasteiger partial charge is 0.493 e. The van der Waals surface area contributed by atoms with E-state index in [0.29, 0.717) is 11.5 Å². The van der Waals surface area contributed by atoms with Crippen LogP contribution >= 0.6 is 0 Å². The van der Waals surface area contributed by atoms with Gasteiger partial charge < -0.3 is 19.9 Å². The van der Waals surface area contributed by atoms with Crippen molar-refractivity contribution in [1.29, 1.82) is 0 Å². The number of aryl methyl sites for hydroxylation is 1. The Bertz CT molecular complexity index is 392. The maximum absolute atomic E-state index is 11.3. The molecule has 5 heteroatoms. The highest BCUT2D eigenvalue weighted by atomic mass is 16.6. The Kier molecular flexibility index (Phi) is 4.78. The number of methoxy groups -OCH3 is 2. The summed E-state index contributed by atoms with van der Waals surface area (Å²) in [5.74, 6) is 0.529. The van der Waals surface area contributed by atoms with Gasteiger partial charge in [-0.25, -0.2) is 4.79 Å². The Morgan fingerprint density at radius 2 is 2.06 bits per heavy atom. The molecule has 0 saturated carbocycles. The predicted octanol–water partition coefficient (Wildman–Crippen LogP) is 0.883. The molecule has 1 unspecified atom stereocenters. The van der Waals surface area contributed by atoms with Crippen LogP contribution in [0.5, 0.6) is 11.5 Å². The fourth-order valence-electron chi connectivity index (χ4n) is 1.35. The van der Waals surface area contributed by atoms with Crippen LogP contribution < -0.4 is 15.2 Å². The first-order valence-electron chi connectivity index (χ1n) is 5.21. The third-order valence-corrected chi connectivity index (χ3v) is 2.27. The molecule has 0 saturated heterocycles. The van der Waals surface area contributed by atoms with Gasteiger partial charge in [0.15, 0.2) is 11.5 Å². The SMILES string of the molecule is COC(=O)C(CN)Oc1ccc(C)cc1OC. The van der Waals surface area contributed by atoms with Gasteiger partial charge in [-0.3, -0.25) is 0 Å². The van der Waals surface area contributed by atoms with Gasteiger partial charge in [0.2, 0.25) is 6.10 Å². The number of benzene rings is 1. The molecule has 0 bridgehead atoms.